The number of amides is 1. The Morgan fingerprint density at radius 1 is 1.24 bits per heavy atom. The molecule has 2 heterocycles. The van der Waals surface area contributed by atoms with Crippen molar-refractivity contribution >= 4 is 5.91 Å². The number of aryl methyl sites for hydroxylation is 1. The molecule has 1 aliphatic heterocycles. The van der Waals surface area contributed by atoms with Gasteiger partial charge in [-0.25, -0.2) is 0 Å². The van der Waals surface area contributed by atoms with Crippen LogP contribution in [0.25, 0.3) is 0 Å². The summed E-state index contributed by atoms with van der Waals surface area (Å²) in [6.07, 6.45) is 0.226. The van der Waals surface area contributed by atoms with Gasteiger partial charge < -0.3 is 4.74 Å². The monoisotopic (exact) mass is 286 g/mol. The van der Waals surface area contributed by atoms with E-state index in [0.717, 1.165) is 11.3 Å². The van der Waals surface area contributed by atoms with Gasteiger partial charge in [0.25, 0.3) is 5.56 Å². The number of fused-ring (bicyclic) bond motifs is 1. The average molecular weight is 286 g/mol. The van der Waals surface area contributed by atoms with Crippen LogP contribution < -0.4 is 15.7 Å². The number of rotatable bonds is 2. The zero-order chi connectivity index (χ0) is 15.0. The summed E-state index contributed by atoms with van der Waals surface area (Å²) >= 11 is 0. The fourth-order valence-corrected chi connectivity index (χ4v) is 2.36. The van der Waals surface area contributed by atoms with Crippen molar-refractivity contribution in [1.82, 2.24) is 14.9 Å². The van der Waals surface area contributed by atoms with Gasteiger partial charge in [0.2, 0.25) is 5.91 Å². The fourth-order valence-electron chi connectivity index (χ4n) is 2.36. The molecular weight excluding hydrogens is 272 g/mol. The summed E-state index contributed by atoms with van der Waals surface area (Å²) in [4.78, 5) is 23.9. The summed E-state index contributed by atoms with van der Waals surface area (Å²) in [5.41, 5.74) is 3.31. The molecule has 0 saturated heterocycles. The molecule has 7 nitrogen and oxygen atoms in total. The van der Waals surface area contributed by atoms with Crippen molar-refractivity contribution in [3.05, 3.63) is 51.7 Å². The van der Waals surface area contributed by atoms with Crippen LogP contribution in [0.3, 0.4) is 0 Å². The number of nitrogens with one attached hydrogen (secondary N) is 1. The van der Waals surface area contributed by atoms with Crippen LogP contribution in [0.5, 0.6) is 5.75 Å². The van der Waals surface area contributed by atoms with E-state index in [1.54, 1.807) is 14.0 Å². The van der Waals surface area contributed by atoms with Crippen molar-refractivity contribution in [3.8, 4) is 5.75 Å². The quantitative estimate of drug-likeness (QED) is 0.871. The van der Waals surface area contributed by atoms with Gasteiger partial charge >= 0.3 is 0 Å². The lowest BCUT2D eigenvalue weighted by Crippen LogP contribution is -2.43. The SMILES string of the molecule is COc1ccc(C2CC(=O)Nn3c2nnc(C)c3=O)cc1. The molecule has 1 aromatic carbocycles. The van der Waals surface area contributed by atoms with Crippen LogP contribution in [0.15, 0.2) is 29.1 Å². The zero-order valence-corrected chi connectivity index (χ0v) is 11.7. The third-order valence-corrected chi connectivity index (χ3v) is 3.50. The van der Waals surface area contributed by atoms with E-state index < -0.39 is 0 Å². The molecule has 1 N–H and O–H groups in total. The fraction of sp³-hybridized carbons (Fsp3) is 0.286. The molecule has 0 radical (unpaired) electrons. The van der Waals surface area contributed by atoms with Crippen molar-refractivity contribution in [3.63, 3.8) is 0 Å². The van der Waals surface area contributed by atoms with Crippen LogP contribution in [0.1, 0.15) is 29.4 Å². The van der Waals surface area contributed by atoms with Gasteiger partial charge in [0, 0.05) is 6.42 Å². The highest BCUT2D eigenvalue weighted by Crippen LogP contribution is 2.29. The first-order chi connectivity index (χ1) is 10.1. The Morgan fingerprint density at radius 2 is 1.95 bits per heavy atom. The second-order valence-electron chi connectivity index (χ2n) is 4.85. The van der Waals surface area contributed by atoms with Crippen LogP contribution in [0.4, 0.5) is 0 Å². The molecule has 1 unspecified atom stereocenters. The number of methoxy groups -OCH3 is 1. The molecular formula is C14H14N4O3. The molecule has 0 saturated carbocycles. The summed E-state index contributed by atoms with van der Waals surface area (Å²) in [6.45, 7) is 1.56. The Morgan fingerprint density at radius 3 is 2.62 bits per heavy atom. The number of benzene rings is 1. The minimum absolute atomic E-state index is 0.224. The maximum atomic E-state index is 12.1. The van der Waals surface area contributed by atoms with Gasteiger partial charge in [-0.05, 0) is 24.6 Å². The molecule has 1 amide bonds. The van der Waals surface area contributed by atoms with E-state index in [1.807, 2.05) is 24.3 Å². The zero-order valence-electron chi connectivity index (χ0n) is 11.7. The summed E-state index contributed by atoms with van der Waals surface area (Å²) in [6, 6.07) is 7.34. The Kier molecular flexibility index (Phi) is 3.17. The second kappa shape index (κ2) is 5.01. The highest BCUT2D eigenvalue weighted by Gasteiger charge is 2.29. The number of aromatic nitrogens is 3. The Labute approximate surface area is 120 Å². The van der Waals surface area contributed by atoms with Crippen LogP contribution >= 0.6 is 0 Å². The van der Waals surface area contributed by atoms with Crippen molar-refractivity contribution < 1.29 is 9.53 Å². The summed E-state index contributed by atoms with van der Waals surface area (Å²) in [5.74, 6) is 0.644. The largest absolute Gasteiger partial charge is 0.497 e. The topological polar surface area (TPSA) is 86.1 Å². The van der Waals surface area contributed by atoms with Gasteiger partial charge in [-0.2, -0.15) is 4.68 Å². The molecule has 0 spiro atoms. The third-order valence-electron chi connectivity index (χ3n) is 3.50. The number of hydrogen-bond acceptors (Lipinski definition) is 5. The first kappa shape index (κ1) is 13.3. The highest BCUT2D eigenvalue weighted by atomic mass is 16.5. The molecule has 0 aliphatic carbocycles. The Hall–Kier alpha value is -2.70. The molecule has 0 fully saturated rings. The maximum Gasteiger partial charge on any atom is 0.294 e. The van der Waals surface area contributed by atoms with Crippen LogP contribution in [-0.4, -0.2) is 27.9 Å². The number of carbonyl (C=O) groups excluding carboxylic acids is 1. The number of carbonyl (C=O) groups is 1. The van der Waals surface area contributed by atoms with E-state index in [-0.39, 0.29) is 29.5 Å². The predicted octanol–water partition coefficient (Wildman–Crippen LogP) is 0.561. The van der Waals surface area contributed by atoms with Gasteiger partial charge in [0.05, 0.1) is 13.0 Å². The molecule has 1 aliphatic rings. The number of ether oxygens (including phenoxy) is 1. The Balaban J connectivity index is 2.10. The standard InChI is InChI=1S/C14H14N4O3/c1-8-14(20)18-13(16-15-8)11(7-12(19)17-18)9-3-5-10(21-2)6-4-9/h3-6,11H,7H2,1-2H3,(H,17,19). The summed E-state index contributed by atoms with van der Waals surface area (Å²) in [7, 11) is 1.59. The second-order valence-corrected chi connectivity index (χ2v) is 4.85. The van der Waals surface area contributed by atoms with Crippen LogP contribution in [0.2, 0.25) is 0 Å². The molecule has 3 rings (SSSR count). The van der Waals surface area contributed by atoms with Crippen LogP contribution in [-0.2, 0) is 4.79 Å². The molecule has 21 heavy (non-hydrogen) atoms. The smallest absolute Gasteiger partial charge is 0.294 e. The van der Waals surface area contributed by atoms with Crippen LogP contribution in [0, 0.1) is 6.92 Å². The Bertz CT molecular complexity index is 752. The lowest BCUT2D eigenvalue weighted by Gasteiger charge is -2.25. The lowest BCUT2D eigenvalue weighted by molar-refractivity contribution is -0.118. The van der Waals surface area contributed by atoms with Gasteiger partial charge in [-0.15, -0.1) is 10.2 Å². The average Bonchev–Trinajstić information content (AvgIpc) is 2.51. The predicted molar refractivity (Wildman–Crippen MR) is 74.9 cm³/mol. The lowest BCUT2D eigenvalue weighted by atomic mass is 9.93. The first-order valence-electron chi connectivity index (χ1n) is 6.50. The highest BCUT2D eigenvalue weighted by molar-refractivity contribution is 5.86. The van der Waals surface area contributed by atoms with E-state index in [1.165, 1.54) is 4.68 Å². The molecule has 108 valence electrons. The van der Waals surface area contributed by atoms with E-state index in [9.17, 15) is 9.59 Å². The number of hydrogen-bond donors (Lipinski definition) is 1. The van der Waals surface area contributed by atoms with Crippen molar-refractivity contribution in [2.75, 3.05) is 12.5 Å². The molecule has 1 atom stereocenters. The normalized spacial score (nSPS) is 17.0. The minimum Gasteiger partial charge on any atom is -0.497 e. The molecule has 7 heteroatoms. The minimum atomic E-state index is -0.355. The van der Waals surface area contributed by atoms with Gasteiger partial charge in [0.15, 0.2) is 5.82 Å². The molecule has 0 bridgehead atoms. The summed E-state index contributed by atoms with van der Waals surface area (Å²) in [5, 5.41) is 7.95. The van der Waals surface area contributed by atoms with Crippen molar-refractivity contribution in [1.29, 1.82) is 0 Å². The van der Waals surface area contributed by atoms with E-state index >= 15 is 0 Å². The van der Waals surface area contributed by atoms with E-state index in [2.05, 4.69) is 15.6 Å². The van der Waals surface area contributed by atoms with Gasteiger partial charge in [0.1, 0.15) is 11.4 Å². The van der Waals surface area contributed by atoms with Crippen molar-refractivity contribution in [2.24, 2.45) is 0 Å². The first-order valence-corrected chi connectivity index (χ1v) is 6.50. The number of nitrogens with zero attached hydrogens (tertiary/aromatic N) is 3. The van der Waals surface area contributed by atoms with Gasteiger partial charge in [-0.1, -0.05) is 12.1 Å². The molecule has 1 aromatic heterocycles. The third kappa shape index (κ3) is 2.26. The molecule has 2 aromatic rings. The van der Waals surface area contributed by atoms with Gasteiger partial charge in [-0.3, -0.25) is 15.0 Å². The van der Waals surface area contributed by atoms with Crippen molar-refractivity contribution in [2.45, 2.75) is 19.3 Å². The summed E-state index contributed by atoms with van der Waals surface area (Å²) < 4.78 is 6.30. The van der Waals surface area contributed by atoms with E-state index in [0.29, 0.717) is 5.82 Å². The maximum absolute atomic E-state index is 12.1. The van der Waals surface area contributed by atoms with E-state index in [4.69, 9.17) is 4.74 Å².